The van der Waals surface area contributed by atoms with Gasteiger partial charge in [-0.1, -0.05) is 0 Å². The van der Waals surface area contributed by atoms with Crippen LogP contribution in [0.1, 0.15) is 22.7 Å². The minimum atomic E-state index is 0.721. The number of thiazole rings is 1. The molecule has 0 bridgehead atoms. The van der Waals surface area contributed by atoms with Crippen LogP contribution in [0.3, 0.4) is 0 Å². The third-order valence-corrected chi connectivity index (χ3v) is 3.88. The molecule has 0 aliphatic carbocycles. The fourth-order valence-electron chi connectivity index (χ4n) is 1.90. The summed E-state index contributed by atoms with van der Waals surface area (Å²) < 4.78 is 5.35. The second kappa shape index (κ2) is 5.58. The molecule has 0 spiro atoms. The lowest BCUT2D eigenvalue weighted by Crippen LogP contribution is -2.17. The molecule has 0 radical (unpaired) electrons. The third-order valence-electron chi connectivity index (χ3n) is 2.80. The molecule has 4 heteroatoms. The molecular weight excluding hydrogens is 208 g/mol. The lowest BCUT2D eigenvalue weighted by Gasteiger charge is -2.20. The van der Waals surface area contributed by atoms with E-state index in [0.29, 0.717) is 0 Å². The summed E-state index contributed by atoms with van der Waals surface area (Å²) in [6.45, 7) is 2.57. The highest BCUT2D eigenvalue weighted by Gasteiger charge is 2.15. The number of rotatable bonds is 4. The molecule has 0 aromatic carbocycles. The zero-order valence-electron chi connectivity index (χ0n) is 8.95. The highest BCUT2D eigenvalue weighted by molar-refractivity contribution is 7.11. The molecule has 1 aliphatic heterocycles. The van der Waals surface area contributed by atoms with Crippen molar-refractivity contribution in [1.82, 2.24) is 4.98 Å². The van der Waals surface area contributed by atoms with Gasteiger partial charge in [-0.15, -0.1) is 11.3 Å². The molecule has 1 aliphatic rings. The maximum Gasteiger partial charge on any atom is 0.0930 e. The zero-order chi connectivity index (χ0) is 10.5. The van der Waals surface area contributed by atoms with E-state index in [9.17, 15) is 0 Å². The Morgan fingerprint density at radius 1 is 1.47 bits per heavy atom. The predicted molar refractivity (Wildman–Crippen MR) is 62.1 cm³/mol. The van der Waals surface area contributed by atoms with E-state index in [1.165, 1.54) is 22.7 Å². The first-order chi connectivity index (χ1) is 7.38. The van der Waals surface area contributed by atoms with Crippen LogP contribution in [0.25, 0.3) is 0 Å². The summed E-state index contributed by atoms with van der Waals surface area (Å²) in [5.74, 6) is 0.774. The van der Waals surface area contributed by atoms with Gasteiger partial charge in [-0.25, -0.2) is 4.98 Å². The van der Waals surface area contributed by atoms with E-state index in [0.717, 1.165) is 38.5 Å². The van der Waals surface area contributed by atoms with Crippen molar-refractivity contribution in [3.05, 3.63) is 16.1 Å². The monoisotopic (exact) mass is 226 g/mol. The topological polar surface area (TPSA) is 48.1 Å². The summed E-state index contributed by atoms with van der Waals surface area (Å²) in [5.41, 5.74) is 5.52. The minimum Gasteiger partial charge on any atom is -0.381 e. The van der Waals surface area contributed by atoms with Crippen molar-refractivity contribution in [2.45, 2.75) is 25.7 Å². The Balaban J connectivity index is 1.86. The Bertz CT molecular complexity index is 295. The summed E-state index contributed by atoms with van der Waals surface area (Å²) in [6.07, 6.45) is 6.44. The molecule has 2 N–H and O–H groups in total. The Morgan fingerprint density at radius 2 is 2.27 bits per heavy atom. The SMILES string of the molecule is NCCc1cnc(CC2CCOCC2)s1. The molecule has 0 unspecified atom stereocenters. The predicted octanol–water partition coefficient (Wildman–Crippen LogP) is 1.61. The van der Waals surface area contributed by atoms with Crippen LogP contribution >= 0.6 is 11.3 Å². The lowest BCUT2D eigenvalue weighted by molar-refractivity contribution is 0.0665. The number of ether oxygens (including phenoxy) is 1. The highest BCUT2D eigenvalue weighted by Crippen LogP contribution is 2.23. The van der Waals surface area contributed by atoms with Crippen LogP contribution < -0.4 is 5.73 Å². The summed E-state index contributed by atoms with van der Waals surface area (Å²) in [6, 6.07) is 0. The smallest absolute Gasteiger partial charge is 0.0930 e. The second-order valence-electron chi connectivity index (χ2n) is 4.02. The van der Waals surface area contributed by atoms with Gasteiger partial charge in [0.1, 0.15) is 0 Å². The Hall–Kier alpha value is -0.450. The lowest BCUT2D eigenvalue weighted by atomic mass is 9.97. The van der Waals surface area contributed by atoms with Gasteiger partial charge in [0.15, 0.2) is 0 Å². The van der Waals surface area contributed by atoms with E-state index in [-0.39, 0.29) is 0 Å². The molecule has 1 fully saturated rings. The maximum absolute atomic E-state index is 5.52. The van der Waals surface area contributed by atoms with Gasteiger partial charge in [-0.3, -0.25) is 0 Å². The van der Waals surface area contributed by atoms with E-state index in [2.05, 4.69) is 4.98 Å². The Morgan fingerprint density at radius 3 is 3.00 bits per heavy atom. The molecular formula is C11H18N2OS. The molecule has 3 nitrogen and oxygen atoms in total. The molecule has 2 heterocycles. The van der Waals surface area contributed by atoms with Crippen LogP contribution in [0.5, 0.6) is 0 Å². The fourth-order valence-corrected chi connectivity index (χ4v) is 2.95. The average molecular weight is 226 g/mol. The first-order valence-electron chi connectivity index (χ1n) is 5.60. The van der Waals surface area contributed by atoms with Crippen molar-refractivity contribution >= 4 is 11.3 Å². The fraction of sp³-hybridized carbons (Fsp3) is 0.727. The van der Waals surface area contributed by atoms with Gasteiger partial charge in [0.05, 0.1) is 5.01 Å². The van der Waals surface area contributed by atoms with Crippen molar-refractivity contribution in [3.8, 4) is 0 Å². The number of aromatic nitrogens is 1. The van der Waals surface area contributed by atoms with Crippen molar-refractivity contribution in [1.29, 1.82) is 0 Å². The molecule has 0 amide bonds. The summed E-state index contributed by atoms with van der Waals surface area (Å²) >= 11 is 1.82. The van der Waals surface area contributed by atoms with E-state index >= 15 is 0 Å². The van der Waals surface area contributed by atoms with Gasteiger partial charge in [0.25, 0.3) is 0 Å². The molecule has 1 saturated heterocycles. The van der Waals surface area contributed by atoms with Crippen molar-refractivity contribution in [2.24, 2.45) is 11.7 Å². The van der Waals surface area contributed by atoms with Crippen LogP contribution in [-0.4, -0.2) is 24.7 Å². The van der Waals surface area contributed by atoms with Gasteiger partial charge in [0, 0.05) is 30.7 Å². The van der Waals surface area contributed by atoms with Gasteiger partial charge < -0.3 is 10.5 Å². The Kier molecular flexibility index (Phi) is 4.11. The third kappa shape index (κ3) is 3.26. The van der Waals surface area contributed by atoms with Crippen LogP contribution in [0, 0.1) is 5.92 Å². The average Bonchev–Trinajstić information content (AvgIpc) is 2.68. The van der Waals surface area contributed by atoms with Gasteiger partial charge in [-0.05, 0) is 31.7 Å². The first kappa shape index (κ1) is 11.0. The molecule has 1 aromatic heterocycles. The number of hydrogen-bond acceptors (Lipinski definition) is 4. The quantitative estimate of drug-likeness (QED) is 0.848. The molecule has 1 aromatic rings. The van der Waals surface area contributed by atoms with Crippen LogP contribution in [-0.2, 0) is 17.6 Å². The van der Waals surface area contributed by atoms with Crippen molar-refractivity contribution in [3.63, 3.8) is 0 Å². The van der Waals surface area contributed by atoms with Gasteiger partial charge in [0.2, 0.25) is 0 Å². The van der Waals surface area contributed by atoms with E-state index < -0.39 is 0 Å². The number of nitrogens with two attached hydrogens (primary N) is 1. The molecule has 2 rings (SSSR count). The van der Waals surface area contributed by atoms with Crippen LogP contribution in [0.2, 0.25) is 0 Å². The molecule has 15 heavy (non-hydrogen) atoms. The highest BCUT2D eigenvalue weighted by atomic mass is 32.1. The van der Waals surface area contributed by atoms with Crippen molar-refractivity contribution in [2.75, 3.05) is 19.8 Å². The van der Waals surface area contributed by atoms with Crippen LogP contribution in [0.15, 0.2) is 6.20 Å². The van der Waals surface area contributed by atoms with Crippen molar-refractivity contribution < 1.29 is 4.74 Å². The van der Waals surface area contributed by atoms with Gasteiger partial charge in [-0.2, -0.15) is 0 Å². The van der Waals surface area contributed by atoms with Gasteiger partial charge >= 0.3 is 0 Å². The summed E-state index contributed by atoms with van der Waals surface area (Å²) in [7, 11) is 0. The minimum absolute atomic E-state index is 0.721. The summed E-state index contributed by atoms with van der Waals surface area (Å²) in [4.78, 5) is 5.77. The molecule has 0 saturated carbocycles. The first-order valence-corrected chi connectivity index (χ1v) is 6.41. The summed E-state index contributed by atoms with van der Waals surface area (Å²) in [5, 5.41) is 1.27. The number of hydrogen-bond donors (Lipinski definition) is 1. The molecule has 84 valence electrons. The second-order valence-corrected chi connectivity index (χ2v) is 5.22. The van der Waals surface area contributed by atoms with E-state index in [4.69, 9.17) is 10.5 Å². The van der Waals surface area contributed by atoms with E-state index in [1.807, 2.05) is 17.5 Å². The zero-order valence-corrected chi connectivity index (χ0v) is 9.76. The number of nitrogens with zero attached hydrogens (tertiary/aromatic N) is 1. The normalized spacial score (nSPS) is 18.2. The maximum atomic E-state index is 5.52. The van der Waals surface area contributed by atoms with E-state index in [1.54, 1.807) is 0 Å². The Labute approximate surface area is 94.7 Å². The molecule has 0 atom stereocenters. The standard InChI is InChI=1S/C11H18N2OS/c12-4-1-10-8-13-11(15-10)7-9-2-5-14-6-3-9/h8-9H,1-7,12H2. The van der Waals surface area contributed by atoms with Crippen LogP contribution in [0.4, 0.5) is 0 Å². The largest absolute Gasteiger partial charge is 0.381 e.